The highest BCUT2D eigenvalue weighted by Gasteiger charge is 2.12. The lowest BCUT2D eigenvalue weighted by molar-refractivity contribution is -0.133. The molecule has 0 rings (SSSR count). The van der Waals surface area contributed by atoms with Crippen LogP contribution in [0.1, 0.15) is 6.92 Å². The summed E-state index contributed by atoms with van der Waals surface area (Å²) in [6.07, 6.45) is 0. The molecule has 0 atom stereocenters. The van der Waals surface area contributed by atoms with E-state index in [1.54, 1.807) is 6.92 Å². The third-order valence-corrected chi connectivity index (χ3v) is 1.69. The van der Waals surface area contributed by atoms with E-state index in [-0.39, 0.29) is 24.2 Å². The minimum atomic E-state index is -0.220. The van der Waals surface area contributed by atoms with Crippen LogP contribution in [0.4, 0.5) is 0 Å². The highest BCUT2D eigenvalue weighted by atomic mass is 35.5. The van der Waals surface area contributed by atoms with Crippen LogP contribution in [-0.2, 0) is 9.59 Å². The Hall–Kier alpha value is -0.770. The van der Waals surface area contributed by atoms with Crippen LogP contribution in [-0.4, -0.2) is 42.7 Å². The molecule has 0 aromatic heterocycles. The Morgan fingerprint density at radius 2 is 2.08 bits per heavy atom. The zero-order valence-corrected chi connectivity index (χ0v) is 8.02. The predicted molar refractivity (Wildman–Crippen MR) is 47.0 cm³/mol. The number of amides is 2. The Labute approximate surface area is 76.9 Å². The molecule has 0 aliphatic carbocycles. The topological polar surface area (TPSA) is 49.4 Å². The molecule has 4 nitrogen and oxygen atoms in total. The second-order valence-corrected chi connectivity index (χ2v) is 2.48. The molecule has 0 spiro atoms. The molecule has 0 aromatic carbocycles. The molecule has 5 heteroatoms. The van der Waals surface area contributed by atoms with Gasteiger partial charge in [-0.15, -0.1) is 11.6 Å². The van der Waals surface area contributed by atoms with Gasteiger partial charge in [-0.05, 0) is 6.92 Å². The standard InChI is InChI=1S/C7H13ClN2O2/c1-3-10(7(12)4-8)5-6(11)9-2/h3-5H2,1-2H3,(H,9,11). The summed E-state index contributed by atoms with van der Waals surface area (Å²) in [6, 6.07) is 0. The third kappa shape index (κ3) is 3.57. The van der Waals surface area contributed by atoms with Crippen molar-refractivity contribution in [1.29, 1.82) is 0 Å². The highest BCUT2D eigenvalue weighted by molar-refractivity contribution is 6.27. The molecule has 0 radical (unpaired) electrons. The lowest BCUT2D eigenvalue weighted by atomic mass is 10.4. The van der Waals surface area contributed by atoms with Crippen LogP contribution < -0.4 is 5.32 Å². The largest absolute Gasteiger partial charge is 0.358 e. The SMILES string of the molecule is CCN(CC(=O)NC)C(=O)CCl. The maximum absolute atomic E-state index is 11.0. The van der Waals surface area contributed by atoms with Gasteiger partial charge in [-0.3, -0.25) is 9.59 Å². The first-order valence-electron chi connectivity index (χ1n) is 3.70. The average molecular weight is 193 g/mol. The number of nitrogens with zero attached hydrogens (tertiary/aromatic N) is 1. The van der Waals surface area contributed by atoms with Crippen molar-refractivity contribution < 1.29 is 9.59 Å². The van der Waals surface area contributed by atoms with Crippen molar-refractivity contribution in [1.82, 2.24) is 10.2 Å². The number of hydrogen-bond donors (Lipinski definition) is 1. The number of halogens is 1. The molecule has 0 aliphatic rings. The van der Waals surface area contributed by atoms with E-state index >= 15 is 0 Å². The van der Waals surface area contributed by atoms with Crippen LogP contribution in [0.15, 0.2) is 0 Å². The Morgan fingerprint density at radius 3 is 2.42 bits per heavy atom. The van der Waals surface area contributed by atoms with Crippen LogP contribution in [0.25, 0.3) is 0 Å². The maximum Gasteiger partial charge on any atom is 0.239 e. The normalized spacial score (nSPS) is 9.25. The number of rotatable bonds is 4. The first-order valence-corrected chi connectivity index (χ1v) is 4.23. The molecule has 0 heterocycles. The molecular weight excluding hydrogens is 180 g/mol. The van der Waals surface area contributed by atoms with Crippen LogP contribution in [0.2, 0.25) is 0 Å². The van der Waals surface area contributed by atoms with Crippen molar-refractivity contribution in [2.45, 2.75) is 6.92 Å². The zero-order chi connectivity index (χ0) is 9.56. The van der Waals surface area contributed by atoms with E-state index in [1.165, 1.54) is 11.9 Å². The molecular formula is C7H13ClN2O2. The van der Waals surface area contributed by atoms with Crippen LogP contribution in [0.3, 0.4) is 0 Å². The lowest BCUT2D eigenvalue weighted by Gasteiger charge is -2.18. The number of carbonyl (C=O) groups is 2. The van der Waals surface area contributed by atoms with Gasteiger partial charge in [0.15, 0.2) is 0 Å². The Morgan fingerprint density at radius 1 is 1.50 bits per heavy atom. The van der Waals surface area contributed by atoms with E-state index in [0.717, 1.165) is 0 Å². The molecule has 0 aliphatic heterocycles. The predicted octanol–water partition coefficient (Wildman–Crippen LogP) is -0.180. The van der Waals surface area contributed by atoms with Crippen molar-refractivity contribution in [2.75, 3.05) is 26.0 Å². The van der Waals surface area contributed by atoms with Gasteiger partial charge in [0.2, 0.25) is 11.8 Å². The summed E-state index contributed by atoms with van der Waals surface area (Å²) >= 11 is 5.33. The molecule has 0 saturated heterocycles. The molecule has 1 N–H and O–H groups in total. The first-order chi connectivity index (χ1) is 5.65. The lowest BCUT2D eigenvalue weighted by Crippen LogP contribution is -2.40. The molecule has 0 fully saturated rings. The maximum atomic E-state index is 11.0. The quantitative estimate of drug-likeness (QED) is 0.629. The number of nitrogens with one attached hydrogen (secondary N) is 1. The molecule has 0 unspecified atom stereocenters. The van der Waals surface area contributed by atoms with Crippen molar-refractivity contribution in [3.05, 3.63) is 0 Å². The van der Waals surface area contributed by atoms with Gasteiger partial charge in [-0.25, -0.2) is 0 Å². The summed E-state index contributed by atoms with van der Waals surface area (Å²) in [7, 11) is 1.53. The van der Waals surface area contributed by atoms with Crippen LogP contribution in [0, 0.1) is 0 Å². The monoisotopic (exact) mass is 192 g/mol. The van der Waals surface area contributed by atoms with Crippen molar-refractivity contribution in [3.63, 3.8) is 0 Å². The van der Waals surface area contributed by atoms with E-state index in [1.807, 2.05) is 0 Å². The van der Waals surface area contributed by atoms with E-state index in [0.29, 0.717) is 6.54 Å². The second kappa shape index (κ2) is 5.83. The smallest absolute Gasteiger partial charge is 0.239 e. The Balaban J connectivity index is 3.99. The number of carbonyl (C=O) groups excluding carboxylic acids is 2. The van der Waals surface area contributed by atoms with E-state index < -0.39 is 0 Å². The van der Waals surface area contributed by atoms with Gasteiger partial charge in [-0.1, -0.05) is 0 Å². The summed E-state index contributed by atoms with van der Waals surface area (Å²) in [6.45, 7) is 2.38. The number of likely N-dealkylation sites (N-methyl/N-ethyl adjacent to an activating group) is 2. The highest BCUT2D eigenvalue weighted by Crippen LogP contribution is 1.91. The van der Waals surface area contributed by atoms with Crippen molar-refractivity contribution in [2.24, 2.45) is 0 Å². The van der Waals surface area contributed by atoms with Crippen molar-refractivity contribution in [3.8, 4) is 0 Å². The van der Waals surface area contributed by atoms with Crippen LogP contribution >= 0.6 is 11.6 Å². The van der Waals surface area contributed by atoms with Gasteiger partial charge in [0.05, 0.1) is 6.54 Å². The van der Waals surface area contributed by atoms with E-state index in [2.05, 4.69) is 5.32 Å². The summed E-state index contributed by atoms with van der Waals surface area (Å²) in [5, 5.41) is 2.43. The fourth-order valence-electron chi connectivity index (χ4n) is 0.713. The summed E-state index contributed by atoms with van der Waals surface area (Å²) in [5.74, 6) is -0.483. The number of hydrogen-bond acceptors (Lipinski definition) is 2. The van der Waals surface area contributed by atoms with Gasteiger partial charge < -0.3 is 10.2 Å². The average Bonchev–Trinajstić information content (AvgIpc) is 2.12. The fourth-order valence-corrected chi connectivity index (χ4v) is 0.882. The summed E-state index contributed by atoms with van der Waals surface area (Å²) in [4.78, 5) is 23.3. The van der Waals surface area contributed by atoms with Gasteiger partial charge >= 0.3 is 0 Å². The van der Waals surface area contributed by atoms with Gasteiger partial charge in [0, 0.05) is 13.6 Å². The first kappa shape index (κ1) is 11.2. The van der Waals surface area contributed by atoms with Crippen LogP contribution in [0.5, 0.6) is 0 Å². The van der Waals surface area contributed by atoms with Gasteiger partial charge in [-0.2, -0.15) is 0 Å². The Bertz CT molecular complexity index is 173. The second-order valence-electron chi connectivity index (χ2n) is 2.21. The minimum absolute atomic E-state index is 0.0785. The molecule has 0 bridgehead atoms. The minimum Gasteiger partial charge on any atom is -0.358 e. The van der Waals surface area contributed by atoms with Gasteiger partial charge in [0.1, 0.15) is 5.88 Å². The van der Waals surface area contributed by atoms with E-state index in [9.17, 15) is 9.59 Å². The molecule has 12 heavy (non-hydrogen) atoms. The molecule has 2 amide bonds. The molecule has 70 valence electrons. The Kier molecular flexibility index (Phi) is 5.45. The summed E-state index contributed by atoms with van der Waals surface area (Å²) < 4.78 is 0. The zero-order valence-electron chi connectivity index (χ0n) is 7.26. The number of alkyl halides is 1. The van der Waals surface area contributed by atoms with Gasteiger partial charge in [0.25, 0.3) is 0 Å². The van der Waals surface area contributed by atoms with E-state index in [4.69, 9.17) is 11.6 Å². The summed E-state index contributed by atoms with van der Waals surface area (Å²) in [5.41, 5.74) is 0. The fraction of sp³-hybridized carbons (Fsp3) is 0.714. The molecule has 0 aromatic rings. The van der Waals surface area contributed by atoms with Crippen molar-refractivity contribution >= 4 is 23.4 Å². The molecule has 0 saturated carbocycles. The third-order valence-electron chi connectivity index (χ3n) is 1.46.